The summed E-state index contributed by atoms with van der Waals surface area (Å²) in [4.78, 5) is 14.6. The number of ether oxygens (including phenoxy) is 1. The number of rotatable bonds is 3. The van der Waals surface area contributed by atoms with Crippen molar-refractivity contribution in [1.29, 1.82) is 0 Å². The highest BCUT2D eigenvalue weighted by Crippen LogP contribution is 2.52. The fourth-order valence-corrected chi connectivity index (χ4v) is 4.92. The van der Waals surface area contributed by atoms with Crippen molar-refractivity contribution in [3.63, 3.8) is 0 Å². The third kappa shape index (κ3) is 3.46. The van der Waals surface area contributed by atoms with Crippen molar-refractivity contribution in [1.82, 2.24) is 4.90 Å². The van der Waals surface area contributed by atoms with E-state index in [4.69, 9.17) is 27.9 Å². The van der Waals surface area contributed by atoms with Crippen LogP contribution in [0.2, 0.25) is 10.0 Å². The van der Waals surface area contributed by atoms with Crippen molar-refractivity contribution < 1.29 is 9.53 Å². The molecule has 1 aliphatic carbocycles. The molecular weight excluding hydrogens is 333 g/mol. The van der Waals surface area contributed by atoms with Crippen molar-refractivity contribution in [3.8, 4) is 5.75 Å². The first kappa shape index (κ1) is 16.9. The number of carbonyl (C=O) groups is 1. The number of fused-ring (bicyclic) bond motifs is 2. The average molecular weight is 356 g/mol. The molecule has 2 atom stereocenters. The predicted octanol–water partition coefficient (Wildman–Crippen LogP) is 4.80. The minimum Gasteiger partial charge on any atom is -0.482 e. The van der Waals surface area contributed by atoms with Crippen molar-refractivity contribution in [2.75, 3.05) is 13.2 Å². The normalized spacial score (nSPS) is 28.7. The minimum atomic E-state index is 0.00701. The molecule has 1 aromatic rings. The second kappa shape index (κ2) is 5.86. The zero-order valence-corrected chi connectivity index (χ0v) is 15.4. The summed E-state index contributed by atoms with van der Waals surface area (Å²) in [5.74, 6) is 0.494. The highest BCUT2D eigenvalue weighted by atomic mass is 35.5. The van der Waals surface area contributed by atoms with E-state index in [1.807, 2.05) is 4.90 Å². The first-order valence-electron chi connectivity index (χ1n) is 8.05. The molecule has 1 heterocycles. The Morgan fingerprint density at radius 2 is 2.04 bits per heavy atom. The van der Waals surface area contributed by atoms with Gasteiger partial charge in [0.25, 0.3) is 5.91 Å². The van der Waals surface area contributed by atoms with E-state index >= 15 is 0 Å². The maximum absolute atomic E-state index is 12.6. The lowest BCUT2D eigenvalue weighted by atomic mass is 9.65. The van der Waals surface area contributed by atoms with Crippen LogP contribution in [0.25, 0.3) is 0 Å². The van der Waals surface area contributed by atoms with E-state index in [2.05, 4.69) is 20.8 Å². The van der Waals surface area contributed by atoms with Gasteiger partial charge >= 0.3 is 0 Å². The standard InChI is InChI=1S/C18H23Cl2NO2/c1-17(2)7-12-8-18(3,10-17)11-21(12)15(22)9-23-14-6-4-5-13(19)16(14)20/h4-6,12H,7-11H2,1-3H3/t12-,18-/m1/s1. The van der Waals surface area contributed by atoms with Gasteiger partial charge in [-0.3, -0.25) is 4.79 Å². The zero-order valence-electron chi connectivity index (χ0n) is 13.9. The molecule has 2 bridgehead atoms. The summed E-state index contributed by atoms with van der Waals surface area (Å²) in [5.41, 5.74) is 0.527. The van der Waals surface area contributed by atoms with Crippen LogP contribution in [0, 0.1) is 10.8 Å². The second-order valence-corrected chi connectivity index (χ2v) is 8.86. The lowest BCUT2D eigenvalue weighted by molar-refractivity contribution is -0.134. The van der Waals surface area contributed by atoms with Gasteiger partial charge in [0, 0.05) is 12.6 Å². The molecule has 0 radical (unpaired) electrons. The van der Waals surface area contributed by atoms with Gasteiger partial charge in [-0.25, -0.2) is 0 Å². The van der Waals surface area contributed by atoms with Gasteiger partial charge in [-0.1, -0.05) is 50.0 Å². The molecule has 23 heavy (non-hydrogen) atoms. The van der Waals surface area contributed by atoms with Crippen LogP contribution in [0.5, 0.6) is 5.75 Å². The number of amides is 1. The molecule has 1 saturated carbocycles. The Bertz CT molecular complexity index is 631. The van der Waals surface area contributed by atoms with Crippen molar-refractivity contribution in [3.05, 3.63) is 28.2 Å². The summed E-state index contributed by atoms with van der Waals surface area (Å²) in [6, 6.07) is 5.52. The fourth-order valence-electron chi connectivity index (χ4n) is 4.57. The summed E-state index contributed by atoms with van der Waals surface area (Å²) in [6.45, 7) is 7.73. The molecule has 1 amide bonds. The lowest BCUT2D eigenvalue weighted by Crippen LogP contribution is -2.40. The van der Waals surface area contributed by atoms with E-state index in [0.29, 0.717) is 27.3 Å². The van der Waals surface area contributed by atoms with Crippen LogP contribution in [-0.4, -0.2) is 30.0 Å². The Kier molecular flexibility index (Phi) is 4.31. The molecule has 2 aliphatic rings. The number of hydrogen-bond acceptors (Lipinski definition) is 2. The molecule has 1 saturated heterocycles. The van der Waals surface area contributed by atoms with E-state index in [1.54, 1.807) is 18.2 Å². The van der Waals surface area contributed by atoms with Crippen LogP contribution in [0.4, 0.5) is 0 Å². The molecule has 126 valence electrons. The number of carbonyl (C=O) groups excluding carboxylic acids is 1. The Hall–Kier alpha value is -0.930. The van der Waals surface area contributed by atoms with Gasteiger partial charge in [0.05, 0.1) is 5.02 Å². The van der Waals surface area contributed by atoms with Crippen LogP contribution >= 0.6 is 23.2 Å². The minimum absolute atomic E-state index is 0.00701. The van der Waals surface area contributed by atoms with Gasteiger partial charge in [0.2, 0.25) is 0 Å². The molecule has 0 spiro atoms. The smallest absolute Gasteiger partial charge is 0.260 e. The Labute approximate surface area is 147 Å². The Balaban J connectivity index is 1.67. The highest BCUT2D eigenvalue weighted by Gasteiger charge is 2.50. The highest BCUT2D eigenvalue weighted by molar-refractivity contribution is 6.42. The summed E-state index contributed by atoms with van der Waals surface area (Å²) < 4.78 is 5.62. The Morgan fingerprint density at radius 1 is 1.30 bits per heavy atom. The van der Waals surface area contributed by atoms with E-state index < -0.39 is 0 Å². The average Bonchev–Trinajstić information content (AvgIpc) is 2.69. The van der Waals surface area contributed by atoms with E-state index in [1.165, 1.54) is 6.42 Å². The number of hydrogen-bond donors (Lipinski definition) is 0. The SMILES string of the molecule is CC1(C)C[C@@H]2C[C@@](C)(CN2C(=O)COc2cccc(Cl)c2Cl)C1. The molecule has 0 aromatic heterocycles. The molecule has 3 rings (SSSR count). The van der Waals surface area contributed by atoms with Crippen LogP contribution < -0.4 is 4.74 Å². The van der Waals surface area contributed by atoms with Gasteiger partial charge in [0.1, 0.15) is 10.8 Å². The van der Waals surface area contributed by atoms with Crippen molar-refractivity contribution in [2.24, 2.45) is 10.8 Å². The molecule has 1 aliphatic heterocycles. The summed E-state index contributed by atoms with van der Waals surface area (Å²) in [7, 11) is 0. The van der Waals surface area contributed by atoms with E-state index in [0.717, 1.165) is 19.4 Å². The number of likely N-dealkylation sites (tertiary alicyclic amines) is 1. The molecule has 2 fully saturated rings. The van der Waals surface area contributed by atoms with Gasteiger partial charge in [-0.2, -0.15) is 0 Å². The first-order valence-corrected chi connectivity index (χ1v) is 8.81. The Morgan fingerprint density at radius 3 is 2.78 bits per heavy atom. The topological polar surface area (TPSA) is 29.5 Å². The molecule has 5 heteroatoms. The quantitative estimate of drug-likeness (QED) is 0.779. The first-order chi connectivity index (χ1) is 10.7. The van der Waals surface area contributed by atoms with Gasteiger partial charge < -0.3 is 9.64 Å². The van der Waals surface area contributed by atoms with Crippen molar-refractivity contribution >= 4 is 29.1 Å². The largest absolute Gasteiger partial charge is 0.482 e. The lowest BCUT2D eigenvalue weighted by Gasteiger charge is -2.39. The number of halogens is 2. The van der Waals surface area contributed by atoms with Gasteiger partial charge in [-0.15, -0.1) is 0 Å². The van der Waals surface area contributed by atoms with Gasteiger partial charge in [-0.05, 0) is 42.2 Å². The summed E-state index contributed by atoms with van der Waals surface area (Å²) in [6.07, 6.45) is 3.33. The zero-order chi connectivity index (χ0) is 16.8. The van der Waals surface area contributed by atoms with Gasteiger partial charge in [0.15, 0.2) is 6.61 Å². The second-order valence-electron chi connectivity index (χ2n) is 8.08. The molecule has 3 nitrogen and oxygen atoms in total. The molecule has 0 unspecified atom stereocenters. The van der Waals surface area contributed by atoms with Crippen LogP contribution in [0.3, 0.4) is 0 Å². The summed E-state index contributed by atoms with van der Waals surface area (Å²) >= 11 is 12.1. The monoisotopic (exact) mass is 355 g/mol. The summed E-state index contributed by atoms with van der Waals surface area (Å²) in [5, 5.41) is 0.790. The van der Waals surface area contributed by atoms with Crippen LogP contribution in [0.1, 0.15) is 40.0 Å². The third-order valence-corrected chi connectivity index (χ3v) is 5.80. The molecule has 1 aromatic carbocycles. The van der Waals surface area contributed by atoms with E-state index in [-0.39, 0.29) is 17.9 Å². The maximum Gasteiger partial charge on any atom is 0.260 e. The fraction of sp³-hybridized carbons (Fsp3) is 0.611. The maximum atomic E-state index is 12.6. The molecule has 0 N–H and O–H groups in total. The van der Waals surface area contributed by atoms with Crippen molar-refractivity contribution in [2.45, 2.75) is 46.1 Å². The predicted molar refractivity (Wildman–Crippen MR) is 93.2 cm³/mol. The van der Waals surface area contributed by atoms with Crippen LogP contribution in [-0.2, 0) is 4.79 Å². The third-order valence-electron chi connectivity index (χ3n) is 5.00. The number of nitrogens with zero attached hydrogens (tertiary/aromatic N) is 1. The molecular formula is C18H23Cl2NO2. The van der Waals surface area contributed by atoms with Crippen LogP contribution in [0.15, 0.2) is 18.2 Å². The number of benzene rings is 1. The van der Waals surface area contributed by atoms with E-state index in [9.17, 15) is 4.79 Å².